The first-order valence-corrected chi connectivity index (χ1v) is 17.6. The normalized spacial score (nSPS) is 14.9. The Kier molecular flexibility index (Phi) is 8.45. The summed E-state index contributed by atoms with van der Waals surface area (Å²) in [6, 6.07) is 49.6. The minimum Gasteiger partial charge on any atom is -0.0984 e. The number of fused-ring (bicyclic) bond motifs is 3. The topological polar surface area (TPSA) is 0 Å². The molecular formula is C50H40. The van der Waals surface area contributed by atoms with E-state index in [0.717, 1.165) is 17.6 Å². The lowest BCUT2D eigenvalue weighted by molar-refractivity contribution is 0.847. The summed E-state index contributed by atoms with van der Waals surface area (Å²) in [7, 11) is 0. The number of hydrogen-bond donors (Lipinski definition) is 0. The molecule has 0 fully saturated rings. The Hall–Kier alpha value is -5.98. The Morgan fingerprint density at radius 1 is 0.620 bits per heavy atom. The van der Waals surface area contributed by atoms with Gasteiger partial charge in [0.15, 0.2) is 0 Å². The average molecular weight is 641 g/mol. The molecule has 0 amide bonds. The van der Waals surface area contributed by atoms with E-state index >= 15 is 0 Å². The highest BCUT2D eigenvalue weighted by Crippen LogP contribution is 2.46. The molecule has 0 N–H and O–H groups in total. The van der Waals surface area contributed by atoms with Gasteiger partial charge in [-0.15, -0.1) is 0 Å². The van der Waals surface area contributed by atoms with E-state index in [1.807, 2.05) is 13.0 Å². The highest BCUT2D eigenvalue weighted by atomic mass is 14.2. The van der Waals surface area contributed by atoms with Gasteiger partial charge in [-0.1, -0.05) is 170 Å². The Morgan fingerprint density at radius 2 is 1.28 bits per heavy atom. The molecule has 1 aliphatic rings. The highest BCUT2D eigenvalue weighted by molar-refractivity contribution is 6.22. The summed E-state index contributed by atoms with van der Waals surface area (Å²) in [5, 5.41) is 7.53. The quantitative estimate of drug-likeness (QED) is 0.120. The number of allylic oxidation sites excluding steroid dienone is 9. The van der Waals surface area contributed by atoms with Crippen molar-refractivity contribution in [2.24, 2.45) is 0 Å². The molecule has 240 valence electrons. The minimum absolute atomic E-state index is 0.352. The summed E-state index contributed by atoms with van der Waals surface area (Å²) in [6.07, 6.45) is 16.3. The van der Waals surface area contributed by atoms with Gasteiger partial charge in [-0.2, -0.15) is 0 Å². The van der Waals surface area contributed by atoms with Crippen LogP contribution in [0.4, 0.5) is 0 Å². The summed E-state index contributed by atoms with van der Waals surface area (Å²) >= 11 is 0. The van der Waals surface area contributed by atoms with E-state index in [-0.39, 0.29) is 0 Å². The van der Waals surface area contributed by atoms with Crippen LogP contribution in [0, 0.1) is 0 Å². The van der Waals surface area contributed by atoms with Gasteiger partial charge >= 0.3 is 0 Å². The van der Waals surface area contributed by atoms with Crippen LogP contribution in [0.5, 0.6) is 0 Å². The third-order valence-corrected chi connectivity index (χ3v) is 10.2. The second kappa shape index (κ2) is 13.5. The molecule has 0 saturated heterocycles. The van der Waals surface area contributed by atoms with Crippen LogP contribution < -0.4 is 0 Å². The van der Waals surface area contributed by atoms with Crippen LogP contribution in [0.2, 0.25) is 0 Å². The summed E-state index contributed by atoms with van der Waals surface area (Å²) in [5.74, 6) is 0.352. The van der Waals surface area contributed by atoms with Crippen molar-refractivity contribution in [2.45, 2.75) is 26.2 Å². The van der Waals surface area contributed by atoms with Crippen LogP contribution in [0.3, 0.4) is 0 Å². The Morgan fingerprint density at radius 3 is 2.02 bits per heavy atom. The lowest BCUT2D eigenvalue weighted by Gasteiger charge is -2.22. The van der Waals surface area contributed by atoms with Crippen LogP contribution in [-0.2, 0) is 0 Å². The predicted octanol–water partition coefficient (Wildman–Crippen LogP) is 14.3. The van der Waals surface area contributed by atoms with Gasteiger partial charge in [0, 0.05) is 5.92 Å². The average Bonchev–Trinajstić information content (AvgIpc) is 3.17. The fraction of sp³-hybridized carbons (Fsp3) is 0.0800. The molecule has 1 unspecified atom stereocenters. The molecule has 50 heavy (non-hydrogen) atoms. The first-order valence-electron chi connectivity index (χ1n) is 17.6. The maximum absolute atomic E-state index is 4.18. The minimum atomic E-state index is 0.352. The molecule has 7 aromatic rings. The molecule has 0 saturated carbocycles. The summed E-state index contributed by atoms with van der Waals surface area (Å²) < 4.78 is 0. The SMILES string of the molecule is C=CC(=CC=CC)c1ccc2c(-c3ccc(-c4ccccc4)cc3)c3cc(C4C=CC(C)=CC4)ccc3c(-c3ccc4ccccc4c3)c2c1. The maximum Gasteiger partial charge on any atom is 0.00561 e. The van der Waals surface area contributed by atoms with Crippen molar-refractivity contribution >= 4 is 37.9 Å². The molecular weight excluding hydrogens is 601 g/mol. The van der Waals surface area contributed by atoms with E-state index in [9.17, 15) is 0 Å². The molecule has 0 radical (unpaired) electrons. The van der Waals surface area contributed by atoms with Gasteiger partial charge in [0.25, 0.3) is 0 Å². The molecule has 0 aliphatic heterocycles. The molecule has 0 heterocycles. The van der Waals surface area contributed by atoms with Crippen LogP contribution in [-0.4, -0.2) is 0 Å². The highest BCUT2D eigenvalue weighted by Gasteiger charge is 2.20. The third kappa shape index (κ3) is 5.84. The van der Waals surface area contributed by atoms with Crippen molar-refractivity contribution in [1.29, 1.82) is 0 Å². The van der Waals surface area contributed by atoms with Crippen LogP contribution in [0.25, 0.3) is 71.3 Å². The zero-order valence-corrected chi connectivity index (χ0v) is 28.7. The lowest BCUT2D eigenvalue weighted by Crippen LogP contribution is -1.99. The van der Waals surface area contributed by atoms with Crippen molar-refractivity contribution in [3.05, 3.63) is 199 Å². The molecule has 8 rings (SSSR count). The van der Waals surface area contributed by atoms with Crippen molar-refractivity contribution in [3.8, 4) is 33.4 Å². The van der Waals surface area contributed by atoms with Gasteiger partial charge in [-0.3, -0.25) is 0 Å². The zero-order chi connectivity index (χ0) is 34.0. The van der Waals surface area contributed by atoms with E-state index in [2.05, 4.69) is 183 Å². The molecule has 0 spiro atoms. The maximum atomic E-state index is 4.18. The molecule has 0 bridgehead atoms. The molecule has 1 aliphatic carbocycles. The van der Waals surface area contributed by atoms with Gasteiger partial charge in [0.2, 0.25) is 0 Å². The Labute approximate surface area is 295 Å². The summed E-state index contributed by atoms with van der Waals surface area (Å²) in [4.78, 5) is 0. The number of rotatable bonds is 7. The van der Waals surface area contributed by atoms with E-state index in [4.69, 9.17) is 0 Å². The molecule has 0 nitrogen and oxygen atoms in total. The second-order valence-corrected chi connectivity index (χ2v) is 13.3. The van der Waals surface area contributed by atoms with Crippen molar-refractivity contribution in [2.75, 3.05) is 0 Å². The van der Waals surface area contributed by atoms with Crippen molar-refractivity contribution in [1.82, 2.24) is 0 Å². The molecule has 1 atom stereocenters. The summed E-state index contributed by atoms with van der Waals surface area (Å²) in [6.45, 7) is 8.41. The van der Waals surface area contributed by atoms with Crippen LogP contribution in [0.15, 0.2) is 188 Å². The van der Waals surface area contributed by atoms with E-state index in [1.54, 1.807) is 0 Å². The Bertz CT molecular complexity index is 2520. The van der Waals surface area contributed by atoms with Gasteiger partial charge in [-0.25, -0.2) is 0 Å². The predicted molar refractivity (Wildman–Crippen MR) is 219 cm³/mol. The lowest BCUT2D eigenvalue weighted by atomic mass is 9.82. The molecule has 0 aromatic heterocycles. The number of hydrogen-bond acceptors (Lipinski definition) is 0. The van der Waals surface area contributed by atoms with E-state index in [0.29, 0.717) is 5.92 Å². The third-order valence-electron chi connectivity index (χ3n) is 10.2. The van der Waals surface area contributed by atoms with Crippen molar-refractivity contribution < 1.29 is 0 Å². The van der Waals surface area contributed by atoms with Gasteiger partial charge in [0.1, 0.15) is 0 Å². The van der Waals surface area contributed by atoms with E-state index in [1.165, 1.54) is 76.8 Å². The fourth-order valence-electron chi connectivity index (χ4n) is 7.54. The smallest absolute Gasteiger partial charge is 0.00561 e. The molecule has 0 heteroatoms. The summed E-state index contributed by atoms with van der Waals surface area (Å²) in [5.41, 5.74) is 12.4. The fourth-order valence-corrected chi connectivity index (χ4v) is 7.54. The zero-order valence-electron chi connectivity index (χ0n) is 28.7. The van der Waals surface area contributed by atoms with Gasteiger partial charge in [0.05, 0.1) is 0 Å². The first kappa shape index (κ1) is 31.3. The standard InChI is InChI=1S/C50H40/c1-4-6-12-35(5-2)42-27-29-45-48(32-42)50(44-26-23-37-15-10-11-16-41(37)31-44)46-30-28-43(39-19-17-34(3)18-20-39)33-47(46)49(45)40-24-21-38(22-25-40)36-13-8-7-9-14-36/h4-19,21-33,39H,2,20H2,1,3H3. The molecule has 7 aromatic carbocycles. The van der Waals surface area contributed by atoms with Gasteiger partial charge in [-0.05, 0) is 121 Å². The Balaban J connectivity index is 1.45. The van der Waals surface area contributed by atoms with Gasteiger partial charge < -0.3 is 0 Å². The van der Waals surface area contributed by atoms with Crippen LogP contribution in [0.1, 0.15) is 37.3 Å². The monoisotopic (exact) mass is 640 g/mol. The van der Waals surface area contributed by atoms with Crippen molar-refractivity contribution in [3.63, 3.8) is 0 Å². The first-order chi connectivity index (χ1) is 24.6. The van der Waals surface area contributed by atoms with Crippen LogP contribution >= 0.6 is 0 Å². The van der Waals surface area contributed by atoms with E-state index < -0.39 is 0 Å². The largest absolute Gasteiger partial charge is 0.0984 e. The second-order valence-electron chi connectivity index (χ2n) is 13.3. The number of benzene rings is 7.